The van der Waals surface area contributed by atoms with E-state index in [4.69, 9.17) is 9.47 Å². The molecular formula is C24H31NO4. The van der Waals surface area contributed by atoms with Crippen LogP contribution in [0.25, 0.3) is 0 Å². The van der Waals surface area contributed by atoms with Gasteiger partial charge in [0.2, 0.25) is 0 Å². The van der Waals surface area contributed by atoms with Gasteiger partial charge in [-0.15, -0.1) is 0 Å². The summed E-state index contributed by atoms with van der Waals surface area (Å²) in [6.07, 6.45) is -0.125. The van der Waals surface area contributed by atoms with Crippen molar-refractivity contribution in [2.24, 2.45) is 0 Å². The number of ether oxygens (including phenoxy) is 2. The summed E-state index contributed by atoms with van der Waals surface area (Å²) in [6.45, 7) is 7.62. The molecule has 29 heavy (non-hydrogen) atoms. The third-order valence-electron chi connectivity index (χ3n) is 5.43. The summed E-state index contributed by atoms with van der Waals surface area (Å²) < 4.78 is 10.8. The molecule has 1 N–H and O–H groups in total. The number of methoxy groups -OCH3 is 1. The highest BCUT2D eigenvalue weighted by molar-refractivity contribution is 5.76. The second-order valence-corrected chi connectivity index (χ2v) is 8.68. The van der Waals surface area contributed by atoms with Crippen molar-refractivity contribution >= 4 is 5.97 Å². The van der Waals surface area contributed by atoms with Crippen LogP contribution in [0.15, 0.2) is 48.5 Å². The molecule has 2 atom stereocenters. The third-order valence-corrected chi connectivity index (χ3v) is 5.43. The van der Waals surface area contributed by atoms with Gasteiger partial charge >= 0.3 is 5.97 Å². The maximum atomic E-state index is 12.3. The first kappa shape index (κ1) is 21.3. The fourth-order valence-corrected chi connectivity index (χ4v) is 3.70. The van der Waals surface area contributed by atoms with Crippen LogP contribution in [0.3, 0.4) is 0 Å². The quantitative estimate of drug-likeness (QED) is 0.758. The first-order valence-corrected chi connectivity index (χ1v) is 10.1. The summed E-state index contributed by atoms with van der Waals surface area (Å²) >= 11 is 0. The summed E-state index contributed by atoms with van der Waals surface area (Å²) in [7, 11) is 1.40. The molecule has 3 rings (SSSR count). The average molecular weight is 398 g/mol. The van der Waals surface area contributed by atoms with E-state index in [0.717, 1.165) is 11.3 Å². The lowest BCUT2D eigenvalue weighted by Crippen LogP contribution is -2.49. The first-order valence-electron chi connectivity index (χ1n) is 10.1. The molecule has 0 aliphatic carbocycles. The largest absolute Gasteiger partial charge is 0.491 e. The Bertz CT molecular complexity index is 826. The van der Waals surface area contributed by atoms with Gasteiger partial charge in [0.1, 0.15) is 24.5 Å². The van der Waals surface area contributed by atoms with Gasteiger partial charge in [0, 0.05) is 13.1 Å². The maximum absolute atomic E-state index is 12.3. The SMILES string of the molecule is COC(=O)C1Cc2ccccc2CN1CC(O)COc1ccc(C(C)(C)C)cc1. The first-order chi connectivity index (χ1) is 13.8. The molecule has 0 aromatic heterocycles. The summed E-state index contributed by atoms with van der Waals surface area (Å²) in [6, 6.07) is 15.7. The van der Waals surface area contributed by atoms with Crippen LogP contribution in [0, 0.1) is 0 Å². The molecule has 0 bridgehead atoms. The van der Waals surface area contributed by atoms with E-state index in [0.29, 0.717) is 19.5 Å². The van der Waals surface area contributed by atoms with Gasteiger partial charge in [-0.1, -0.05) is 57.2 Å². The lowest BCUT2D eigenvalue weighted by molar-refractivity contribution is -0.148. The summed E-state index contributed by atoms with van der Waals surface area (Å²) in [5.41, 5.74) is 3.66. The Morgan fingerprint density at radius 3 is 2.41 bits per heavy atom. The molecule has 2 aromatic carbocycles. The van der Waals surface area contributed by atoms with Crippen molar-refractivity contribution in [2.75, 3.05) is 20.3 Å². The third kappa shape index (κ3) is 5.37. The number of nitrogens with zero attached hydrogens (tertiary/aromatic N) is 1. The zero-order valence-electron chi connectivity index (χ0n) is 17.7. The molecule has 1 heterocycles. The van der Waals surface area contributed by atoms with Crippen molar-refractivity contribution in [3.05, 3.63) is 65.2 Å². The van der Waals surface area contributed by atoms with Crippen molar-refractivity contribution in [3.63, 3.8) is 0 Å². The number of β-amino-alcohol motifs (C(OH)–C–C–N with tert-alkyl or cyclic N) is 1. The lowest BCUT2D eigenvalue weighted by atomic mass is 9.87. The van der Waals surface area contributed by atoms with Gasteiger partial charge in [-0.3, -0.25) is 9.69 Å². The highest BCUT2D eigenvalue weighted by atomic mass is 16.5. The van der Waals surface area contributed by atoms with Crippen LogP contribution in [-0.2, 0) is 27.9 Å². The Balaban J connectivity index is 1.61. The van der Waals surface area contributed by atoms with Crippen LogP contribution < -0.4 is 4.74 Å². The monoisotopic (exact) mass is 397 g/mol. The molecule has 1 aliphatic rings. The van der Waals surface area contributed by atoms with Gasteiger partial charge in [0.15, 0.2) is 0 Å². The summed E-state index contributed by atoms with van der Waals surface area (Å²) in [5, 5.41) is 10.5. The Morgan fingerprint density at radius 1 is 1.14 bits per heavy atom. The number of carbonyl (C=O) groups excluding carboxylic acids is 1. The van der Waals surface area contributed by atoms with Crippen molar-refractivity contribution < 1.29 is 19.4 Å². The van der Waals surface area contributed by atoms with Crippen molar-refractivity contribution in [1.29, 1.82) is 0 Å². The van der Waals surface area contributed by atoms with Crippen LogP contribution in [0.5, 0.6) is 5.75 Å². The smallest absolute Gasteiger partial charge is 0.323 e. The molecule has 0 saturated heterocycles. The topological polar surface area (TPSA) is 59.0 Å². The van der Waals surface area contributed by atoms with E-state index in [2.05, 4.69) is 39.0 Å². The summed E-state index contributed by atoms with van der Waals surface area (Å²) in [4.78, 5) is 14.3. The van der Waals surface area contributed by atoms with Gasteiger partial charge < -0.3 is 14.6 Å². The van der Waals surface area contributed by atoms with Crippen LogP contribution in [0.2, 0.25) is 0 Å². The molecular weight excluding hydrogens is 366 g/mol. The van der Waals surface area contributed by atoms with E-state index in [9.17, 15) is 9.90 Å². The molecule has 2 unspecified atom stereocenters. The van der Waals surface area contributed by atoms with Crippen molar-refractivity contribution in [2.45, 2.75) is 51.3 Å². The molecule has 0 spiro atoms. The zero-order valence-corrected chi connectivity index (χ0v) is 17.7. The van der Waals surface area contributed by atoms with Crippen molar-refractivity contribution in [1.82, 2.24) is 4.90 Å². The minimum Gasteiger partial charge on any atom is -0.491 e. The molecule has 0 amide bonds. The number of carbonyl (C=O) groups is 1. The number of fused-ring (bicyclic) bond motifs is 1. The standard InChI is InChI=1S/C24H31NO4/c1-24(2,3)19-9-11-21(12-10-19)29-16-20(26)15-25-14-18-8-6-5-7-17(18)13-22(25)23(27)28-4/h5-12,20,22,26H,13-16H2,1-4H3. The molecule has 0 radical (unpaired) electrons. The number of esters is 1. The van der Waals surface area contributed by atoms with Crippen LogP contribution in [-0.4, -0.2) is 48.4 Å². The molecule has 156 valence electrons. The number of aliphatic hydroxyl groups excluding tert-OH is 1. The number of rotatable bonds is 6. The van der Waals surface area contributed by atoms with Gasteiger partial charge in [0.05, 0.1) is 7.11 Å². The Hall–Kier alpha value is -2.37. The Labute approximate surface area is 173 Å². The van der Waals surface area contributed by atoms with Crippen LogP contribution in [0.4, 0.5) is 0 Å². The van der Waals surface area contributed by atoms with Gasteiger partial charge in [0.25, 0.3) is 0 Å². The van der Waals surface area contributed by atoms with Crippen LogP contribution in [0.1, 0.15) is 37.5 Å². The highest BCUT2D eigenvalue weighted by Gasteiger charge is 2.33. The Kier molecular flexibility index (Phi) is 6.60. The number of benzene rings is 2. The molecule has 0 saturated carbocycles. The zero-order chi connectivity index (χ0) is 21.0. The molecule has 5 nitrogen and oxygen atoms in total. The van der Waals surface area contributed by atoms with E-state index < -0.39 is 12.1 Å². The van der Waals surface area contributed by atoms with E-state index in [1.54, 1.807) is 0 Å². The number of hydrogen-bond acceptors (Lipinski definition) is 5. The van der Waals surface area contributed by atoms with E-state index in [1.165, 1.54) is 18.2 Å². The van der Waals surface area contributed by atoms with E-state index in [1.807, 2.05) is 35.2 Å². The predicted octanol–water partition coefficient (Wildman–Crippen LogP) is 3.32. The minimum absolute atomic E-state index is 0.0888. The van der Waals surface area contributed by atoms with E-state index in [-0.39, 0.29) is 18.0 Å². The normalized spacial score (nSPS) is 18.0. The molecule has 0 fully saturated rings. The van der Waals surface area contributed by atoms with Crippen LogP contribution >= 0.6 is 0 Å². The van der Waals surface area contributed by atoms with E-state index >= 15 is 0 Å². The Morgan fingerprint density at radius 2 is 1.79 bits per heavy atom. The molecule has 1 aliphatic heterocycles. The van der Waals surface area contributed by atoms with Crippen molar-refractivity contribution in [3.8, 4) is 5.75 Å². The average Bonchev–Trinajstić information content (AvgIpc) is 2.71. The molecule has 2 aromatic rings. The summed E-state index contributed by atoms with van der Waals surface area (Å²) in [5.74, 6) is 0.455. The lowest BCUT2D eigenvalue weighted by Gasteiger charge is -2.36. The van der Waals surface area contributed by atoms with Gasteiger partial charge in [-0.25, -0.2) is 0 Å². The minimum atomic E-state index is -0.713. The second kappa shape index (κ2) is 8.97. The number of hydrogen-bond donors (Lipinski definition) is 1. The van der Waals surface area contributed by atoms with Gasteiger partial charge in [-0.05, 0) is 40.7 Å². The predicted molar refractivity (Wildman–Crippen MR) is 113 cm³/mol. The fraction of sp³-hybridized carbons (Fsp3) is 0.458. The molecule has 5 heteroatoms. The second-order valence-electron chi connectivity index (χ2n) is 8.68. The van der Waals surface area contributed by atoms with Gasteiger partial charge in [-0.2, -0.15) is 0 Å². The maximum Gasteiger partial charge on any atom is 0.323 e. The number of aliphatic hydroxyl groups is 1. The fourth-order valence-electron chi connectivity index (χ4n) is 3.70. The highest BCUT2D eigenvalue weighted by Crippen LogP contribution is 2.26.